The molecule has 0 spiro atoms. The minimum absolute atomic E-state index is 0.199. The van der Waals surface area contributed by atoms with Crippen molar-refractivity contribution in [3.8, 4) is 0 Å². The maximum absolute atomic E-state index is 13.4. The molecule has 4 rings (SSSR count). The number of hydrogen-bond acceptors (Lipinski definition) is 3. The Morgan fingerprint density at radius 1 is 1.12 bits per heavy atom. The average molecular weight is 489 g/mol. The number of nitrogens with one attached hydrogen (secondary N) is 1. The molecule has 0 saturated heterocycles. The number of carbonyl (C=O) groups is 1. The predicted molar refractivity (Wildman–Crippen MR) is 136 cm³/mol. The molecule has 1 heterocycles. The van der Waals surface area contributed by atoms with Crippen molar-refractivity contribution >= 4 is 57.8 Å². The number of anilines is 1. The van der Waals surface area contributed by atoms with Crippen LogP contribution in [0.5, 0.6) is 0 Å². The Hall–Kier alpha value is -2.15. The number of rotatable bonds is 3. The fourth-order valence-electron chi connectivity index (χ4n) is 4.36. The molecular formula is C24H26Cl2N4OS. The second-order valence-corrected chi connectivity index (χ2v) is 9.50. The molecule has 32 heavy (non-hydrogen) atoms. The zero-order valence-electron chi connectivity index (χ0n) is 18.1. The Morgan fingerprint density at radius 2 is 1.84 bits per heavy atom. The fraction of sp³-hybridized carbons (Fsp3) is 0.375. The highest BCUT2D eigenvalue weighted by Gasteiger charge is 2.32. The van der Waals surface area contributed by atoms with E-state index >= 15 is 0 Å². The van der Waals surface area contributed by atoms with E-state index in [0.717, 1.165) is 24.0 Å². The van der Waals surface area contributed by atoms with E-state index in [4.69, 9.17) is 40.4 Å². The number of amides is 1. The van der Waals surface area contributed by atoms with Crippen LogP contribution < -0.4 is 10.2 Å². The lowest BCUT2D eigenvalue weighted by molar-refractivity contribution is -0.119. The number of halogens is 2. The van der Waals surface area contributed by atoms with Gasteiger partial charge in [0.15, 0.2) is 5.11 Å². The smallest absolute Gasteiger partial charge is 0.272 e. The van der Waals surface area contributed by atoms with Crippen molar-refractivity contribution in [1.82, 2.24) is 10.2 Å². The Morgan fingerprint density at radius 3 is 2.56 bits per heavy atom. The molecule has 1 aliphatic carbocycles. The third-order valence-corrected chi connectivity index (χ3v) is 7.20. The minimum Gasteiger partial charge on any atom is -0.349 e. The number of hydrogen-bond donors (Lipinski definition) is 1. The number of benzodiazepines with no additional fused rings is 1. The van der Waals surface area contributed by atoms with Crippen molar-refractivity contribution in [3.63, 3.8) is 0 Å². The Balaban J connectivity index is 1.73. The van der Waals surface area contributed by atoms with Gasteiger partial charge in [-0.3, -0.25) is 4.79 Å². The van der Waals surface area contributed by atoms with Crippen molar-refractivity contribution in [3.05, 3.63) is 63.6 Å². The standard InChI is InChI=1S/C24H26Cl2N4OS/c1-29(16-8-4-3-5-9-16)24(32)28-22-23(31)30(2)20-13-12-15(25)14-18(20)21(27-22)17-10-6-7-11-19(17)26/h6-7,10-14,16,22H,3-5,8-9H2,1-2H3,(H,28,32). The quantitative estimate of drug-likeness (QED) is 0.597. The number of carbonyl (C=O) groups excluding carboxylic acids is 1. The summed E-state index contributed by atoms with van der Waals surface area (Å²) in [5.74, 6) is -0.199. The second-order valence-electron chi connectivity index (χ2n) is 8.27. The third kappa shape index (κ3) is 4.63. The van der Waals surface area contributed by atoms with Gasteiger partial charge in [-0.25, -0.2) is 4.99 Å². The monoisotopic (exact) mass is 488 g/mol. The van der Waals surface area contributed by atoms with Gasteiger partial charge < -0.3 is 15.1 Å². The lowest BCUT2D eigenvalue weighted by Crippen LogP contribution is -2.52. The Bertz CT molecular complexity index is 1070. The summed E-state index contributed by atoms with van der Waals surface area (Å²) in [4.78, 5) is 21.9. The molecule has 2 aromatic carbocycles. The molecule has 1 N–H and O–H groups in total. The van der Waals surface area contributed by atoms with Crippen LogP contribution in [0, 0.1) is 0 Å². The predicted octanol–water partition coefficient (Wildman–Crippen LogP) is 5.27. The molecule has 0 radical (unpaired) electrons. The van der Waals surface area contributed by atoms with Crippen molar-refractivity contribution in [2.75, 3.05) is 19.0 Å². The molecule has 1 amide bonds. The number of fused-ring (bicyclic) bond motifs is 1. The molecule has 1 aliphatic heterocycles. The number of aliphatic imine (C=N–C) groups is 1. The van der Waals surface area contributed by atoms with Crippen LogP contribution in [-0.4, -0.2) is 47.9 Å². The second kappa shape index (κ2) is 9.77. The van der Waals surface area contributed by atoms with E-state index in [1.54, 1.807) is 18.0 Å². The van der Waals surface area contributed by atoms with Crippen LogP contribution in [0.1, 0.15) is 43.2 Å². The summed E-state index contributed by atoms with van der Waals surface area (Å²) in [5, 5.41) is 4.84. The van der Waals surface area contributed by atoms with E-state index in [1.165, 1.54) is 19.3 Å². The minimum atomic E-state index is -0.879. The average Bonchev–Trinajstić information content (AvgIpc) is 2.90. The van der Waals surface area contributed by atoms with Crippen molar-refractivity contribution < 1.29 is 4.79 Å². The lowest BCUT2D eigenvalue weighted by atomic mass is 9.95. The molecule has 1 saturated carbocycles. The van der Waals surface area contributed by atoms with Crippen molar-refractivity contribution in [1.29, 1.82) is 0 Å². The summed E-state index contributed by atoms with van der Waals surface area (Å²) in [6.07, 6.45) is 5.00. The molecule has 1 unspecified atom stereocenters. The van der Waals surface area contributed by atoms with Gasteiger partial charge >= 0.3 is 0 Å². The van der Waals surface area contributed by atoms with Gasteiger partial charge in [-0.2, -0.15) is 0 Å². The van der Waals surface area contributed by atoms with Crippen LogP contribution in [0.15, 0.2) is 47.5 Å². The maximum atomic E-state index is 13.4. The first-order chi connectivity index (χ1) is 15.4. The molecule has 1 atom stereocenters. The Kier molecular flexibility index (Phi) is 7.03. The number of nitrogens with zero attached hydrogens (tertiary/aromatic N) is 3. The molecule has 0 bridgehead atoms. The third-order valence-electron chi connectivity index (χ3n) is 6.23. The molecule has 0 aromatic heterocycles. The summed E-state index contributed by atoms with van der Waals surface area (Å²) in [5.41, 5.74) is 2.80. The van der Waals surface area contributed by atoms with Crippen LogP contribution in [0.2, 0.25) is 10.0 Å². The molecule has 5 nitrogen and oxygen atoms in total. The zero-order chi connectivity index (χ0) is 22.8. The van der Waals surface area contributed by atoms with Crippen molar-refractivity contribution in [2.24, 2.45) is 4.99 Å². The lowest BCUT2D eigenvalue weighted by Gasteiger charge is -2.34. The molecule has 1 fully saturated rings. The van der Waals surface area contributed by atoms with E-state index in [0.29, 0.717) is 32.6 Å². The molecule has 2 aromatic rings. The Labute approximate surface area is 204 Å². The summed E-state index contributed by atoms with van der Waals surface area (Å²) >= 11 is 18.5. The molecular weight excluding hydrogens is 463 g/mol. The normalized spacial score (nSPS) is 19.1. The number of likely N-dealkylation sites (N-methyl/N-ethyl adjacent to an activating group) is 1. The molecule has 8 heteroatoms. The largest absolute Gasteiger partial charge is 0.349 e. The van der Waals surface area contributed by atoms with E-state index < -0.39 is 6.17 Å². The van der Waals surface area contributed by atoms with Gasteiger partial charge in [-0.1, -0.05) is 60.7 Å². The number of thiocarbonyl (C=S) groups is 1. The van der Waals surface area contributed by atoms with Crippen LogP contribution in [0.3, 0.4) is 0 Å². The van der Waals surface area contributed by atoms with Crippen LogP contribution in [-0.2, 0) is 4.79 Å². The van der Waals surface area contributed by atoms with Gasteiger partial charge in [0, 0.05) is 41.3 Å². The van der Waals surface area contributed by atoms with Gasteiger partial charge in [0.2, 0.25) is 6.17 Å². The summed E-state index contributed by atoms with van der Waals surface area (Å²) in [7, 11) is 3.73. The highest BCUT2D eigenvalue weighted by Crippen LogP contribution is 2.32. The van der Waals surface area contributed by atoms with Crippen LogP contribution in [0.25, 0.3) is 0 Å². The van der Waals surface area contributed by atoms with Gasteiger partial charge in [-0.15, -0.1) is 0 Å². The van der Waals surface area contributed by atoms with Gasteiger partial charge in [0.05, 0.1) is 11.4 Å². The summed E-state index contributed by atoms with van der Waals surface area (Å²) in [6, 6.07) is 13.3. The topological polar surface area (TPSA) is 47.9 Å². The summed E-state index contributed by atoms with van der Waals surface area (Å²) in [6.45, 7) is 0. The molecule has 168 valence electrons. The van der Waals surface area contributed by atoms with E-state index in [2.05, 4.69) is 10.2 Å². The van der Waals surface area contributed by atoms with Crippen molar-refractivity contribution in [2.45, 2.75) is 44.3 Å². The fourth-order valence-corrected chi connectivity index (χ4v) is 5.02. The van der Waals surface area contributed by atoms with E-state index in [9.17, 15) is 4.79 Å². The van der Waals surface area contributed by atoms with E-state index in [-0.39, 0.29) is 5.91 Å². The molecule has 2 aliphatic rings. The van der Waals surface area contributed by atoms with Crippen LogP contribution in [0.4, 0.5) is 5.69 Å². The van der Waals surface area contributed by atoms with Gasteiger partial charge in [0.1, 0.15) is 0 Å². The zero-order valence-corrected chi connectivity index (χ0v) is 20.5. The van der Waals surface area contributed by atoms with E-state index in [1.807, 2.05) is 43.4 Å². The van der Waals surface area contributed by atoms with Gasteiger partial charge in [0.25, 0.3) is 5.91 Å². The van der Waals surface area contributed by atoms with Gasteiger partial charge in [-0.05, 0) is 49.3 Å². The highest BCUT2D eigenvalue weighted by atomic mass is 35.5. The maximum Gasteiger partial charge on any atom is 0.272 e. The first-order valence-electron chi connectivity index (χ1n) is 10.8. The van der Waals surface area contributed by atoms with Crippen LogP contribution >= 0.6 is 35.4 Å². The SMILES string of the molecule is CN1C(=O)C(NC(=S)N(C)C2CCCCC2)N=C(c2ccccc2Cl)c2cc(Cl)ccc21. The first kappa shape index (κ1) is 23.0. The highest BCUT2D eigenvalue weighted by molar-refractivity contribution is 7.80. The summed E-state index contributed by atoms with van der Waals surface area (Å²) < 4.78 is 0. The number of benzene rings is 2. The first-order valence-corrected chi connectivity index (χ1v) is 12.0.